The molecule has 0 aromatic heterocycles. The van der Waals surface area contributed by atoms with Gasteiger partial charge in [-0.3, -0.25) is 14.9 Å². The van der Waals surface area contributed by atoms with Gasteiger partial charge in [-0.25, -0.2) is 4.79 Å². The van der Waals surface area contributed by atoms with Crippen molar-refractivity contribution in [2.45, 2.75) is 6.54 Å². The van der Waals surface area contributed by atoms with E-state index in [2.05, 4.69) is 5.32 Å². The van der Waals surface area contributed by atoms with E-state index >= 15 is 0 Å². The molecule has 0 spiro atoms. The molecule has 0 aliphatic heterocycles. The number of aromatic carboxylic acids is 1. The number of carboxylic acids is 1. The molecule has 1 amide bonds. The molecule has 8 nitrogen and oxygen atoms in total. The number of hydrogen-bond acceptors (Lipinski definition) is 5. The van der Waals surface area contributed by atoms with Crippen molar-refractivity contribution in [3.63, 3.8) is 0 Å². The number of carboxylic acid groups (broad SMARTS) is 1. The third-order valence-electron chi connectivity index (χ3n) is 3.57. The smallest absolute Gasteiger partial charge is 0.335 e. The average Bonchev–Trinajstić information content (AvgIpc) is 2.59. The SMILES string of the molecule is CN(C)c1ccc(C(=O)NCc2ccc(C(=O)O)cc2)cc1[N+](=O)[O-]. The number of nitro groups is 1. The molecule has 130 valence electrons. The van der Waals surface area contributed by atoms with E-state index in [1.165, 1.54) is 30.3 Å². The molecule has 0 bridgehead atoms. The maximum Gasteiger partial charge on any atom is 0.335 e. The topological polar surface area (TPSA) is 113 Å². The van der Waals surface area contributed by atoms with Crippen molar-refractivity contribution in [1.82, 2.24) is 5.32 Å². The molecule has 2 rings (SSSR count). The van der Waals surface area contributed by atoms with Crippen LogP contribution in [-0.4, -0.2) is 36.0 Å². The quantitative estimate of drug-likeness (QED) is 0.614. The van der Waals surface area contributed by atoms with Gasteiger partial charge in [0.2, 0.25) is 0 Å². The number of carbonyl (C=O) groups is 2. The first-order valence-electron chi connectivity index (χ1n) is 7.36. The van der Waals surface area contributed by atoms with Crippen LogP contribution in [0, 0.1) is 10.1 Å². The molecule has 0 saturated carbocycles. The summed E-state index contributed by atoms with van der Waals surface area (Å²) in [6.07, 6.45) is 0. The number of nitrogens with one attached hydrogen (secondary N) is 1. The second-order valence-electron chi connectivity index (χ2n) is 5.54. The summed E-state index contributed by atoms with van der Waals surface area (Å²) in [5, 5.41) is 22.7. The average molecular weight is 343 g/mol. The Kier molecular flexibility index (Phi) is 5.33. The highest BCUT2D eigenvalue weighted by atomic mass is 16.6. The number of anilines is 1. The van der Waals surface area contributed by atoms with Crippen molar-refractivity contribution in [2.24, 2.45) is 0 Å². The van der Waals surface area contributed by atoms with Gasteiger partial charge in [0.15, 0.2) is 0 Å². The van der Waals surface area contributed by atoms with Gasteiger partial charge in [-0.15, -0.1) is 0 Å². The van der Waals surface area contributed by atoms with Crippen LogP contribution in [0.25, 0.3) is 0 Å². The van der Waals surface area contributed by atoms with Gasteiger partial charge in [-0.2, -0.15) is 0 Å². The summed E-state index contributed by atoms with van der Waals surface area (Å²) < 4.78 is 0. The first-order valence-corrected chi connectivity index (χ1v) is 7.36. The molecule has 2 aromatic rings. The van der Waals surface area contributed by atoms with Crippen LogP contribution in [0.1, 0.15) is 26.3 Å². The van der Waals surface area contributed by atoms with Crippen LogP contribution >= 0.6 is 0 Å². The lowest BCUT2D eigenvalue weighted by Gasteiger charge is -2.13. The van der Waals surface area contributed by atoms with Crippen LogP contribution in [0.2, 0.25) is 0 Å². The Morgan fingerprint density at radius 3 is 2.24 bits per heavy atom. The zero-order valence-corrected chi connectivity index (χ0v) is 13.7. The zero-order chi connectivity index (χ0) is 18.6. The summed E-state index contributed by atoms with van der Waals surface area (Å²) >= 11 is 0. The lowest BCUT2D eigenvalue weighted by Crippen LogP contribution is -2.23. The number of rotatable bonds is 6. The van der Waals surface area contributed by atoms with E-state index in [0.29, 0.717) is 5.69 Å². The molecule has 0 unspecified atom stereocenters. The fourth-order valence-electron chi connectivity index (χ4n) is 2.24. The van der Waals surface area contributed by atoms with Crippen LogP contribution in [-0.2, 0) is 6.54 Å². The number of benzene rings is 2. The molecule has 0 fully saturated rings. The van der Waals surface area contributed by atoms with Crippen molar-refractivity contribution < 1.29 is 19.6 Å². The Morgan fingerprint density at radius 2 is 1.72 bits per heavy atom. The largest absolute Gasteiger partial charge is 0.478 e. The maximum absolute atomic E-state index is 12.2. The fraction of sp³-hybridized carbons (Fsp3) is 0.176. The lowest BCUT2D eigenvalue weighted by atomic mass is 10.1. The Balaban J connectivity index is 2.11. The minimum Gasteiger partial charge on any atom is -0.478 e. The molecule has 2 aromatic carbocycles. The molecule has 0 heterocycles. The van der Waals surface area contributed by atoms with Gasteiger partial charge in [0.25, 0.3) is 11.6 Å². The molecule has 0 atom stereocenters. The first kappa shape index (κ1) is 17.9. The van der Waals surface area contributed by atoms with Crippen molar-refractivity contribution in [3.05, 3.63) is 69.3 Å². The number of hydrogen-bond donors (Lipinski definition) is 2. The molecule has 8 heteroatoms. The van der Waals surface area contributed by atoms with Crippen molar-refractivity contribution in [1.29, 1.82) is 0 Å². The summed E-state index contributed by atoms with van der Waals surface area (Å²) in [6, 6.07) is 10.4. The summed E-state index contributed by atoms with van der Waals surface area (Å²) in [4.78, 5) is 35.2. The minimum atomic E-state index is -1.02. The first-order chi connectivity index (χ1) is 11.8. The van der Waals surface area contributed by atoms with E-state index in [9.17, 15) is 19.7 Å². The van der Waals surface area contributed by atoms with Crippen LogP contribution in [0.15, 0.2) is 42.5 Å². The van der Waals surface area contributed by atoms with Gasteiger partial charge in [0, 0.05) is 32.3 Å². The van der Waals surface area contributed by atoms with Gasteiger partial charge in [0.1, 0.15) is 5.69 Å². The van der Waals surface area contributed by atoms with Crippen LogP contribution < -0.4 is 10.2 Å². The predicted molar refractivity (Wildman–Crippen MR) is 92.0 cm³/mol. The highest BCUT2D eigenvalue weighted by molar-refractivity contribution is 5.95. The molecule has 0 radical (unpaired) electrons. The van der Waals surface area contributed by atoms with E-state index in [0.717, 1.165) is 5.56 Å². The standard InChI is InChI=1S/C17H17N3O5/c1-19(2)14-8-7-13(9-15(14)20(24)25)16(21)18-10-11-3-5-12(6-4-11)17(22)23/h3-9H,10H2,1-2H3,(H,18,21)(H,22,23). The van der Waals surface area contributed by atoms with Gasteiger partial charge >= 0.3 is 5.97 Å². The van der Waals surface area contributed by atoms with Crippen LogP contribution in [0.4, 0.5) is 11.4 Å². The summed E-state index contributed by atoms with van der Waals surface area (Å²) in [7, 11) is 3.37. The van der Waals surface area contributed by atoms with E-state index in [4.69, 9.17) is 5.11 Å². The van der Waals surface area contributed by atoms with Gasteiger partial charge in [-0.1, -0.05) is 12.1 Å². The number of nitro benzene ring substituents is 1. The minimum absolute atomic E-state index is 0.150. The lowest BCUT2D eigenvalue weighted by molar-refractivity contribution is -0.384. The molecular weight excluding hydrogens is 326 g/mol. The van der Waals surface area contributed by atoms with E-state index < -0.39 is 16.8 Å². The van der Waals surface area contributed by atoms with Crippen LogP contribution in [0.3, 0.4) is 0 Å². The second-order valence-corrected chi connectivity index (χ2v) is 5.54. The van der Waals surface area contributed by atoms with Crippen molar-refractivity contribution in [3.8, 4) is 0 Å². The molecular formula is C17H17N3O5. The van der Waals surface area contributed by atoms with E-state index in [1.807, 2.05) is 0 Å². The van der Waals surface area contributed by atoms with Gasteiger partial charge in [-0.05, 0) is 29.8 Å². The Bertz CT molecular complexity index is 816. The van der Waals surface area contributed by atoms with Gasteiger partial charge in [0.05, 0.1) is 10.5 Å². The van der Waals surface area contributed by atoms with Crippen molar-refractivity contribution >= 4 is 23.3 Å². The molecule has 25 heavy (non-hydrogen) atoms. The molecule has 2 N–H and O–H groups in total. The molecule has 0 aliphatic carbocycles. The summed E-state index contributed by atoms with van der Waals surface area (Å²) in [5.74, 6) is -1.47. The highest BCUT2D eigenvalue weighted by Gasteiger charge is 2.18. The molecule has 0 aliphatic rings. The van der Waals surface area contributed by atoms with Gasteiger partial charge < -0.3 is 15.3 Å². The van der Waals surface area contributed by atoms with Crippen LogP contribution in [0.5, 0.6) is 0 Å². The fourth-order valence-corrected chi connectivity index (χ4v) is 2.24. The number of nitrogens with zero attached hydrogens (tertiary/aromatic N) is 2. The zero-order valence-electron chi connectivity index (χ0n) is 13.7. The third kappa shape index (κ3) is 4.31. The number of amides is 1. The van der Waals surface area contributed by atoms with E-state index in [-0.39, 0.29) is 23.4 Å². The summed E-state index contributed by atoms with van der Waals surface area (Å²) in [5.41, 5.74) is 1.32. The second kappa shape index (κ2) is 7.43. The monoisotopic (exact) mass is 343 g/mol. The maximum atomic E-state index is 12.2. The number of carbonyl (C=O) groups excluding carboxylic acids is 1. The third-order valence-corrected chi connectivity index (χ3v) is 3.57. The predicted octanol–water partition coefficient (Wildman–Crippen LogP) is 2.29. The normalized spacial score (nSPS) is 10.2. The molecule has 0 saturated heterocycles. The van der Waals surface area contributed by atoms with Crippen molar-refractivity contribution in [2.75, 3.05) is 19.0 Å². The highest BCUT2D eigenvalue weighted by Crippen LogP contribution is 2.27. The Morgan fingerprint density at radius 1 is 1.12 bits per heavy atom. The Labute approximate surface area is 143 Å². The summed E-state index contributed by atoms with van der Waals surface area (Å²) in [6.45, 7) is 0.183. The van der Waals surface area contributed by atoms with E-state index in [1.54, 1.807) is 31.1 Å². The Hall–Kier alpha value is -3.42.